The smallest absolute Gasteiger partial charge is 0.331 e. The van der Waals surface area contributed by atoms with Gasteiger partial charge in [-0.05, 0) is 50.8 Å². The van der Waals surface area contributed by atoms with Crippen LogP contribution in [0, 0.1) is 6.92 Å². The van der Waals surface area contributed by atoms with Crippen molar-refractivity contribution in [2.75, 3.05) is 26.2 Å². The number of aromatic nitrogens is 1. The summed E-state index contributed by atoms with van der Waals surface area (Å²) >= 11 is 5.87. The van der Waals surface area contributed by atoms with Gasteiger partial charge in [0.2, 0.25) is 5.88 Å². The first kappa shape index (κ1) is 23.8. The highest BCUT2D eigenvalue weighted by Crippen LogP contribution is 2.24. The molecule has 1 aromatic heterocycles. The minimum atomic E-state index is -3.87. The maximum Gasteiger partial charge on any atom is 0.331 e. The van der Waals surface area contributed by atoms with Crippen molar-refractivity contribution in [1.29, 1.82) is 0 Å². The number of carbonyl (C=O) groups is 1. The molecule has 1 N–H and O–H groups in total. The van der Waals surface area contributed by atoms with Crippen molar-refractivity contribution in [3.8, 4) is 5.88 Å². The number of carbonyl (C=O) groups excluding carboxylic acids is 1. The molecular formula is C23H29ClN4O4S. The number of hydrogen-bond acceptors (Lipinski definition) is 6. The van der Waals surface area contributed by atoms with Crippen LogP contribution in [-0.2, 0) is 10.0 Å². The quantitative estimate of drug-likeness (QED) is 0.687. The molecule has 0 atom stereocenters. The lowest BCUT2D eigenvalue weighted by Gasteiger charge is -2.41. The number of amides is 2. The van der Waals surface area contributed by atoms with Gasteiger partial charge in [-0.25, -0.2) is 22.9 Å². The Kier molecular flexibility index (Phi) is 7.41. The van der Waals surface area contributed by atoms with Gasteiger partial charge in [-0.1, -0.05) is 29.3 Å². The van der Waals surface area contributed by atoms with E-state index in [9.17, 15) is 13.2 Å². The highest BCUT2D eigenvalue weighted by atomic mass is 35.5. The zero-order valence-corrected chi connectivity index (χ0v) is 20.2. The van der Waals surface area contributed by atoms with E-state index in [1.165, 1.54) is 12.1 Å². The number of likely N-dealkylation sites (tertiary alicyclic amines) is 2. The number of benzene rings is 1. The first-order valence-corrected chi connectivity index (χ1v) is 13.1. The Hall–Kier alpha value is -2.36. The van der Waals surface area contributed by atoms with Gasteiger partial charge in [0.15, 0.2) is 0 Å². The van der Waals surface area contributed by atoms with Gasteiger partial charge >= 0.3 is 6.03 Å². The van der Waals surface area contributed by atoms with Gasteiger partial charge in [-0.3, -0.25) is 4.90 Å². The Balaban J connectivity index is 1.22. The van der Waals surface area contributed by atoms with Crippen molar-refractivity contribution < 1.29 is 17.9 Å². The van der Waals surface area contributed by atoms with Crippen LogP contribution in [0.1, 0.15) is 31.2 Å². The van der Waals surface area contributed by atoms with Crippen LogP contribution in [0.3, 0.4) is 0 Å². The van der Waals surface area contributed by atoms with Crippen molar-refractivity contribution in [2.45, 2.75) is 49.6 Å². The second kappa shape index (κ2) is 10.3. The lowest BCUT2D eigenvalue weighted by atomic mass is 9.99. The maximum atomic E-state index is 12.6. The fraction of sp³-hybridized carbons (Fsp3) is 0.478. The standard InChI is InChI=1S/C23H29ClN4O4S/c1-17-2-5-21(6-3-17)33(30,31)26-23(29)28-12-8-19(9-13-28)27-14-10-20(11-15-27)32-22-7-4-18(24)16-25-22/h2-7,16,19-20H,8-15H2,1H3,(H,26,29). The number of ether oxygens (including phenoxy) is 1. The first-order valence-electron chi connectivity index (χ1n) is 11.2. The second-order valence-corrected chi connectivity index (χ2v) is 10.7. The number of piperidine rings is 2. The molecule has 33 heavy (non-hydrogen) atoms. The summed E-state index contributed by atoms with van der Waals surface area (Å²) in [6.07, 6.45) is 5.19. The Morgan fingerprint density at radius 3 is 2.30 bits per heavy atom. The predicted molar refractivity (Wildman–Crippen MR) is 126 cm³/mol. The van der Waals surface area contributed by atoms with E-state index in [2.05, 4.69) is 14.6 Å². The molecule has 2 aliphatic rings. The second-order valence-electron chi connectivity index (χ2n) is 8.61. The van der Waals surface area contributed by atoms with E-state index in [1.807, 2.05) is 6.92 Å². The molecule has 178 valence electrons. The van der Waals surface area contributed by atoms with E-state index in [-0.39, 0.29) is 11.0 Å². The number of urea groups is 1. The van der Waals surface area contributed by atoms with Crippen molar-refractivity contribution in [1.82, 2.24) is 19.5 Å². The molecule has 8 nitrogen and oxygen atoms in total. The van der Waals surface area contributed by atoms with E-state index >= 15 is 0 Å². The molecule has 0 unspecified atom stereocenters. The number of sulfonamides is 1. The number of pyridine rings is 1. The summed E-state index contributed by atoms with van der Waals surface area (Å²) in [4.78, 5) is 20.9. The van der Waals surface area contributed by atoms with Crippen LogP contribution >= 0.6 is 11.6 Å². The number of nitrogens with zero attached hydrogens (tertiary/aromatic N) is 3. The summed E-state index contributed by atoms with van der Waals surface area (Å²) in [6.45, 7) is 4.80. The summed E-state index contributed by atoms with van der Waals surface area (Å²) in [5.41, 5.74) is 0.958. The van der Waals surface area contributed by atoms with Gasteiger partial charge in [0.25, 0.3) is 10.0 Å². The fourth-order valence-electron chi connectivity index (χ4n) is 4.35. The molecule has 2 aromatic rings. The van der Waals surface area contributed by atoms with Gasteiger partial charge < -0.3 is 9.64 Å². The van der Waals surface area contributed by atoms with Crippen molar-refractivity contribution >= 4 is 27.7 Å². The number of halogens is 1. The first-order chi connectivity index (χ1) is 15.8. The van der Waals surface area contributed by atoms with Gasteiger partial charge in [-0.15, -0.1) is 0 Å². The molecule has 1 aromatic carbocycles. The van der Waals surface area contributed by atoms with Crippen LogP contribution in [-0.4, -0.2) is 67.6 Å². The maximum absolute atomic E-state index is 12.6. The van der Waals surface area contributed by atoms with Crippen molar-refractivity contribution in [3.63, 3.8) is 0 Å². The van der Waals surface area contributed by atoms with E-state index in [4.69, 9.17) is 16.3 Å². The highest BCUT2D eigenvalue weighted by Gasteiger charge is 2.31. The van der Waals surface area contributed by atoms with Gasteiger partial charge in [0, 0.05) is 44.5 Å². The largest absolute Gasteiger partial charge is 0.474 e. The van der Waals surface area contributed by atoms with E-state index in [0.29, 0.717) is 30.0 Å². The molecule has 3 heterocycles. The van der Waals surface area contributed by atoms with Crippen molar-refractivity contribution in [2.24, 2.45) is 0 Å². The Morgan fingerprint density at radius 1 is 1.03 bits per heavy atom. The highest BCUT2D eigenvalue weighted by molar-refractivity contribution is 7.90. The molecule has 4 rings (SSSR count). The summed E-state index contributed by atoms with van der Waals surface area (Å²) < 4.78 is 33.2. The third-order valence-electron chi connectivity index (χ3n) is 6.29. The lowest BCUT2D eigenvalue weighted by Crippen LogP contribution is -2.52. The summed E-state index contributed by atoms with van der Waals surface area (Å²) in [7, 11) is -3.87. The Morgan fingerprint density at radius 2 is 1.70 bits per heavy atom. The normalized spacial score (nSPS) is 18.8. The average Bonchev–Trinajstić information content (AvgIpc) is 2.81. The molecule has 0 bridgehead atoms. The van der Waals surface area contributed by atoms with Gasteiger partial charge in [0.1, 0.15) is 6.10 Å². The molecular weight excluding hydrogens is 464 g/mol. The van der Waals surface area contributed by atoms with Crippen LogP contribution in [0.15, 0.2) is 47.5 Å². The molecule has 2 saturated heterocycles. The molecule has 0 radical (unpaired) electrons. The molecule has 2 fully saturated rings. The summed E-state index contributed by atoms with van der Waals surface area (Å²) in [5, 5.41) is 0.588. The third kappa shape index (κ3) is 6.16. The van der Waals surface area contributed by atoms with Crippen LogP contribution in [0.4, 0.5) is 4.79 Å². The van der Waals surface area contributed by atoms with E-state index < -0.39 is 16.1 Å². The van der Waals surface area contributed by atoms with Crippen molar-refractivity contribution in [3.05, 3.63) is 53.2 Å². The van der Waals surface area contributed by atoms with Crippen LogP contribution in [0.5, 0.6) is 5.88 Å². The fourth-order valence-corrected chi connectivity index (χ4v) is 5.43. The van der Waals surface area contributed by atoms with Crippen LogP contribution in [0.25, 0.3) is 0 Å². The van der Waals surface area contributed by atoms with E-state index in [1.54, 1.807) is 35.4 Å². The van der Waals surface area contributed by atoms with Gasteiger partial charge in [0.05, 0.1) is 9.92 Å². The molecule has 2 aliphatic heterocycles. The molecule has 10 heteroatoms. The molecule has 0 spiro atoms. The summed E-state index contributed by atoms with van der Waals surface area (Å²) in [6, 6.07) is 9.83. The monoisotopic (exact) mass is 492 g/mol. The third-order valence-corrected chi connectivity index (χ3v) is 7.84. The average molecular weight is 493 g/mol. The van der Waals surface area contributed by atoms with E-state index in [0.717, 1.165) is 44.3 Å². The van der Waals surface area contributed by atoms with Crippen LogP contribution < -0.4 is 9.46 Å². The van der Waals surface area contributed by atoms with Crippen LogP contribution in [0.2, 0.25) is 5.02 Å². The number of aryl methyl sites for hydroxylation is 1. The Labute approximate surface area is 199 Å². The predicted octanol–water partition coefficient (Wildman–Crippen LogP) is 3.45. The van der Waals surface area contributed by atoms with Gasteiger partial charge in [-0.2, -0.15) is 0 Å². The molecule has 0 saturated carbocycles. The minimum Gasteiger partial charge on any atom is -0.474 e. The minimum absolute atomic E-state index is 0.0928. The topological polar surface area (TPSA) is 91.8 Å². The molecule has 2 amide bonds. The number of rotatable bonds is 5. The SMILES string of the molecule is Cc1ccc(S(=O)(=O)NC(=O)N2CCC(N3CCC(Oc4ccc(Cl)cn4)CC3)CC2)cc1. The number of hydrogen-bond donors (Lipinski definition) is 1. The lowest BCUT2D eigenvalue weighted by molar-refractivity contribution is 0.0521. The summed E-state index contributed by atoms with van der Waals surface area (Å²) in [5.74, 6) is 0.595. The Bertz CT molecular complexity index is 1050. The zero-order chi connectivity index (χ0) is 23.4. The zero-order valence-electron chi connectivity index (χ0n) is 18.6. The number of nitrogens with one attached hydrogen (secondary N) is 1. The molecule has 0 aliphatic carbocycles.